The number of nitrogens with one attached hydrogen (secondary N) is 1. The van der Waals surface area contributed by atoms with Gasteiger partial charge in [-0.25, -0.2) is 0 Å². The van der Waals surface area contributed by atoms with Crippen LogP contribution < -0.4 is 15.8 Å². The quantitative estimate of drug-likeness (QED) is 0.584. The molecule has 0 saturated heterocycles. The van der Waals surface area contributed by atoms with Gasteiger partial charge in [-0.15, -0.1) is 11.3 Å². The highest BCUT2D eigenvalue weighted by atomic mass is 32.1. The standard InChI is InChI=1S/C23H24N2O3S/c1-15(2)16-5-7-17(8-6-16)22(20-4-3-13-29-20)25-21(26)14-28-19-11-9-18(10-12-19)23(24)27/h3-13,15,22H,14H2,1-2H3,(H2,24,27)(H,25,26). The Labute approximate surface area is 174 Å². The minimum atomic E-state index is -0.503. The number of rotatable bonds is 8. The fourth-order valence-electron chi connectivity index (χ4n) is 2.91. The number of carbonyl (C=O) groups excluding carboxylic acids is 2. The predicted octanol–water partition coefficient (Wildman–Crippen LogP) is 4.26. The number of ether oxygens (including phenoxy) is 1. The van der Waals surface area contributed by atoms with Crippen molar-refractivity contribution in [2.24, 2.45) is 5.73 Å². The third-order valence-electron chi connectivity index (χ3n) is 4.58. The molecule has 1 atom stereocenters. The van der Waals surface area contributed by atoms with E-state index in [1.165, 1.54) is 5.56 Å². The summed E-state index contributed by atoms with van der Waals surface area (Å²) in [5.41, 5.74) is 7.90. The molecule has 0 spiro atoms. The van der Waals surface area contributed by atoms with Crippen LogP contribution in [-0.4, -0.2) is 18.4 Å². The molecular formula is C23H24N2O3S. The molecule has 1 heterocycles. The van der Waals surface area contributed by atoms with Crippen LogP contribution >= 0.6 is 11.3 Å². The molecule has 0 fully saturated rings. The van der Waals surface area contributed by atoms with Crippen molar-refractivity contribution >= 4 is 23.2 Å². The zero-order valence-electron chi connectivity index (χ0n) is 16.4. The van der Waals surface area contributed by atoms with E-state index >= 15 is 0 Å². The fraction of sp³-hybridized carbons (Fsp3) is 0.217. The van der Waals surface area contributed by atoms with E-state index in [9.17, 15) is 9.59 Å². The molecule has 3 N–H and O–H groups in total. The van der Waals surface area contributed by atoms with Crippen LogP contribution in [0.5, 0.6) is 5.75 Å². The second kappa shape index (κ2) is 9.39. The molecule has 1 aromatic heterocycles. The third kappa shape index (κ3) is 5.45. The lowest BCUT2D eigenvalue weighted by Gasteiger charge is -2.19. The van der Waals surface area contributed by atoms with Gasteiger partial charge >= 0.3 is 0 Å². The second-order valence-corrected chi connectivity index (χ2v) is 7.99. The fourth-order valence-corrected chi connectivity index (χ4v) is 3.72. The SMILES string of the molecule is CC(C)c1ccc(C(NC(=O)COc2ccc(C(N)=O)cc2)c2cccs2)cc1. The Morgan fingerprint density at radius 1 is 1.00 bits per heavy atom. The smallest absolute Gasteiger partial charge is 0.258 e. The molecule has 6 heteroatoms. The Morgan fingerprint density at radius 2 is 1.66 bits per heavy atom. The first-order chi connectivity index (χ1) is 13.9. The van der Waals surface area contributed by atoms with Gasteiger partial charge in [-0.3, -0.25) is 9.59 Å². The summed E-state index contributed by atoms with van der Waals surface area (Å²) >= 11 is 1.60. The molecular weight excluding hydrogens is 384 g/mol. The Hall–Kier alpha value is -3.12. The lowest BCUT2D eigenvalue weighted by molar-refractivity contribution is -0.123. The van der Waals surface area contributed by atoms with E-state index in [2.05, 4.69) is 43.4 Å². The molecule has 0 radical (unpaired) electrons. The van der Waals surface area contributed by atoms with Gasteiger partial charge in [-0.05, 0) is 52.8 Å². The highest BCUT2D eigenvalue weighted by Gasteiger charge is 2.18. The predicted molar refractivity (Wildman–Crippen MR) is 115 cm³/mol. The van der Waals surface area contributed by atoms with Crippen molar-refractivity contribution in [3.63, 3.8) is 0 Å². The number of hydrogen-bond donors (Lipinski definition) is 2. The zero-order valence-corrected chi connectivity index (χ0v) is 17.2. The first-order valence-corrected chi connectivity index (χ1v) is 10.3. The maximum atomic E-state index is 12.5. The summed E-state index contributed by atoms with van der Waals surface area (Å²) in [7, 11) is 0. The minimum absolute atomic E-state index is 0.123. The number of nitrogens with two attached hydrogens (primary N) is 1. The molecule has 5 nitrogen and oxygen atoms in total. The van der Waals surface area contributed by atoms with Gasteiger partial charge in [-0.2, -0.15) is 0 Å². The number of carbonyl (C=O) groups is 2. The Morgan fingerprint density at radius 3 is 2.21 bits per heavy atom. The molecule has 0 aliphatic heterocycles. The summed E-state index contributed by atoms with van der Waals surface area (Å²) in [6.07, 6.45) is 0. The normalized spacial score (nSPS) is 11.8. The van der Waals surface area contributed by atoms with Gasteiger partial charge in [0.1, 0.15) is 5.75 Å². The average molecular weight is 409 g/mol. The topological polar surface area (TPSA) is 81.4 Å². The van der Waals surface area contributed by atoms with Crippen LogP contribution in [0.1, 0.15) is 52.2 Å². The van der Waals surface area contributed by atoms with Crippen LogP contribution in [0.3, 0.4) is 0 Å². The van der Waals surface area contributed by atoms with Gasteiger partial charge < -0.3 is 15.8 Å². The van der Waals surface area contributed by atoms with E-state index < -0.39 is 5.91 Å². The van der Waals surface area contributed by atoms with Crippen molar-refractivity contribution in [1.82, 2.24) is 5.32 Å². The lowest BCUT2D eigenvalue weighted by Crippen LogP contribution is -2.32. The maximum Gasteiger partial charge on any atom is 0.258 e. The van der Waals surface area contributed by atoms with Crippen molar-refractivity contribution in [1.29, 1.82) is 0 Å². The first kappa shape index (κ1) is 20.6. The summed E-state index contributed by atoms with van der Waals surface area (Å²) < 4.78 is 5.55. The Balaban J connectivity index is 1.67. The molecule has 0 bridgehead atoms. The van der Waals surface area contributed by atoms with Crippen molar-refractivity contribution in [3.05, 3.63) is 87.6 Å². The van der Waals surface area contributed by atoms with E-state index in [1.54, 1.807) is 35.6 Å². The maximum absolute atomic E-state index is 12.5. The van der Waals surface area contributed by atoms with E-state index in [0.717, 1.165) is 10.4 Å². The van der Waals surface area contributed by atoms with Crippen LogP contribution in [-0.2, 0) is 4.79 Å². The van der Waals surface area contributed by atoms with Gasteiger partial charge in [0.25, 0.3) is 5.91 Å². The first-order valence-electron chi connectivity index (χ1n) is 9.39. The number of amides is 2. The molecule has 0 saturated carbocycles. The van der Waals surface area contributed by atoms with E-state index in [-0.39, 0.29) is 18.6 Å². The van der Waals surface area contributed by atoms with Crippen LogP contribution in [0, 0.1) is 0 Å². The van der Waals surface area contributed by atoms with Crippen molar-refractivity contribution in [2.45, 2.75) is 25.8 Å². The van der Waals surface area contributed by atoms with E-state index in [4.69, 9.17) is 10.5 Å². The van der Waals surface area contributed by atoms with E-state index in [0.29, 0.717) is 17.2 Å². The van der Waals surface area contributed by atoms with Gasteiger partial charge in [0.05, 0.1) is 6.04 Å². The summed E-state index contributed by atoms with van der Waals surface area (Å²) in [6, 6.07) is 18.4. The van der Waals surface area contributed by atoms with Crippen molar-refractivity contribution in [2.75, 3.05) is 6.61 Å². The van der Waals surface area contributed by atoms with E-state index in [1.807, 2.05) is 17.5 Å². The molecule has 0 aliphatic rings. The van der Waals surface area contributed by atoms with Gasteiger partial charge in [0.15, 0.2) is 6.61 Å². The van der Waals surface area contributed by atoms with Crippen molar-refractivity contribution in [3.8, 4) is 5.75 Å². The molecule has 0 aliphatic carbocycles. The van der Waals surface area contributed by atoms with Gasteiger partial charge in [0, 0.05) is 10.4 Å². The Kier molecular flexibility index (Phi) is 6.67. The molecule has 3 rings (SSSR count). The van der Waals surface area contributed by atoms with Crippen LogP contribution in [0.15, 0.2) is 66.0 Å². The number of hydrogen-bond acceptors (Lipinski definition) is 4. The van der Waals surface area contributed by atoms with Crippen LogP contribution in [0.25, 0.3) is 0 Å². The molecule has 150 valence electrons. The molecule has 29 heavy (non-hydrogen) atoms. The van der Waals surface area contributed by atoms with Gasteiger partial charge in [0.2, 0.25) is 5.91 Å². The summed E-state index contributed by atoms with van der Waals surface area (Å²) in [5, 5.41) is 5.05. The summed E-state index contributed by atoms with van der Waals surface area (Å²) in [6.45, 7) is 4.18. The highest BCUT2D eigenvalue weighted by Crippen LogP contribution is 2.27. The number of thiophene rings is 1. The Bertz CT molecular complexity index is 949. The lowest BCUT2D eigenvalue weighted by atomic mass is 9.98. The van der Waals surface area contributed by atoms with Crippen LogP contribution in [0.2, 0.25) is 0 Å². The second-order valence-electron chi connectivity index (χ2n) is 7.01. The zero-order chi connectivity index (χ0) is 20.8. The number of primary amides is 1. The van der Waals surface area contributed by atoms with Gasteiger partial charge in [-0.1, -0.05) is 44.2 Å². The third-order valence-corrected chi connectivity index (χ3v) is 5.52. The summed E-state index contributed by atoms with van der Waals surface area (Å²) in [4.78, 5) is 24.7. The average Bonchev–Trinajstić information content (AvgIpc) is 3.25. The highest BCUT2D eigenvalue weighted by molar-refractivity contribution is 7.10. The van der Waals surface area contributed by atoms with Crippen molar-refractivity contribution < 1.29 is 14.3 Å². The largest absolute Gasteiger partial charge is 0.484 e. The summed E-state index contributed by atoms with van der Waals surface area (Å²) in [5.74, 6) is 0.221. The molecule has 3 aromatic rings. The minimum Gasteiger partial charge on any atom is -0.484 e. The molecule has 2 aromatic carbocycles. The molecule has 1 unspecified atom stereocenters. The molecule has 2 amide bonds. The van der Waals surface area contributed by atoms with Crippen LogP contribution in [0.4, 0.5) is 0 Å². The monoisotopic (exact) mass is 408 g/mol. The number of benzene rings is 2.